The Balaban J connectivity index is 1.83. The maximum absolute atomic E-state index is 3.64. The highest BCUT2D eigenvalue weighted by molar-refractivity contribution is 5.68. The van der Waals surface area contributed by atoms with E-state index in [-0.39, 0.29) is 0 Å². The van der Waals surface area contributed by atoms with Gasteiger partial charge in [0, 0.05) is 19.6 Å². The van der Waals surface area contributed by atoms with Gasteiger partial charge >= 0.3 is 0 Å². The van der Waals surface area contributed by atoms with Crippen molar-refractivity contribution in [1.29, 1.82) is 0 Å². The van der Waals surface area contributed by atoms with E-state index in [9.17, 15) is 0 Å². The molecule has 2 N–H and O–H groups in total. The maximum Gasteiger partial charge on any atom is 0.0576 e. The fourth-order valence-electron chi connectivity index (χ4n) is 2.85. The molecule has 0 unspecified atom stereocenters. The molecule has 1 aromatic carbocycles. The van der Waals surface area contributed by atoms with Gasteiger partial charge in [-0.1, -0.05) is 31.4 Å². The first-order chi connectivity index (χ1) is 9.75. The number of anilines is 2. The Bertz CT molecular complexity index is 384. The van der Waals surface area contributed by atoms with E-state index in [2.05, 4.69) is 53.9 Å². The molecule has 0 aliphatic heterocycles. The Morgan fingerprint density at radius 1 is 1.00 bits per heavy atom. The average Bonchev–Trinajstić information content (AvgIpc) is 2.47. The van der Waals surface area contributed by atoms with Gasteiger partial charge < -0.3 is 15.5 Å². The molecular formula is C17H29N3. The van der Waals surface area contributed by atoms with Crippen LogP contribution in [-0.2, 0) is 0 Å². The summed E-state index contributed by atoms with van der Waals surface area (Å²) in [6.07, 6.45) is 7.04. The van der Waals surface area contributed by atoms with E-state index in [1.165, 1.54) is 43.5 Å². The summed E-state index contributed by atoms with van der Waals surface area (Å²) in [5.74, 6) is 0.860. The van der Waals surface area contributed by atoms with Gasteiger partial charge in [-0.2, -0.15) is 0 Å². The zero-order valence-electron chi connectivity index (χ0n) is 13.0. The lowest BCUT2D eigenvalue weighted by Crippen LogP contribution is -2.22. The second-order valence-electron chi connectivity index (χ2n) is 6.16. The first-order valence-electron chi connectivity index (χ1n) is 7.97. The minimum atomic E-state index is 0.860. The molecule has 1 saturated carbocycles. The van der Waals surface area contributed by atoms with Crippen LogP contribution in [0.4, 0.5) is 11.4 Å². The highest BCUT2D eigenvalue weighted by Gasteiger charge is 2.13. The molecule has 0 radical (unpaired) electrons. The molecule has 0 spiro atoms. The second kappa shape index (κ2) is 8.15. The van der Waals surface area contributed by atoms with Crippen LogP contribution < -0.4 is 10.6 Å². The Kier molecular flexibility index (Phi) is 6.19. The largest absolute Gasteiger partial charge is 0.383 e. The van der Waals surface area contributed by atoms with Crippen LogP contribution in [0.3, 0.4) is 0 Å². The average molecular weight is 275 g/mol. The Morgan fingerprint density at radius 3 is 2.30 bits per heavy atom. The molecule has 1 aliphatic carbocycles. The number of hydrogen-bond donors (Lipinski definition) is 2. The molecule has 0 amide bonds. The molecule has 0 heterocycles. The second-order valence-corrected chi connectivity index (χ2v) is 6.16. The molecule has 3 heteroatoms. The van der Waals surface area contributed by atoms with Gasteiger partial charge in [-0.15, -0.1) is 0 Å². The quantitative estimate of drug-likeness (QED) is 0.795. The summed E-state index contributed by atoms with van der Waals surface area (Å²) in [5.41, 5.74) is 2.47. The van der Waals surface area contributed by atoms with Crippen molar-refractivity contribution in [3.8, 4) is 0 Å². The van der Waals surface area contributed by atoms with Crippen molar-refractivity contribution in [2.24, 2.45) is 5.92 Å². The summed E-state index contributed by atoms with van der Waals surface area (Å²) < 4.78 is 0. The predicted molar refractivity (Wildman–Crippen MR) is 88.6 cm³/mol. The van der Waals surface area contributed by atoms with Gasteiger partial charge in [0.1, 0.15) is 0 Å². The highest BCUT2D eigenvalue weighted by atomic mass is 15.1. The molecule has 112 valence electrons. The molecule has 3 nitrogen and oxygen atoms in total. The number of likely N-dealkylation sites (N-methyl/N-ethyl adjacent to an activating group) is 1. The minimum Gasteiger partial charge on any atom is -0.383 e. The zero-order chi connectivity index (χ0) is 14.2. The van der Waals surface area contributed by atoms with Gasteiger partial charge in [0.05, 0.1) is 11.4 Å². The van der Waals surface area contributed by atoms with Crippen molar-refractivity contribution >= 4 is 11.4 Å². The third kappa shape index (κ3) is 5.04. The van der Waals surface area contributed by atoms with Crippen molar-refractivity contribution in [2.45, 2.75) is 32.1 Å². The molecule has 0 atom stereocenters. The molecule has 0 aromatic heterocycles. The first kappa shape index (κ1) is 15.2. The molecule has 1 fully saturated rings. The van der Waals surface area contributed by atoms with Crippen LogP contribution in [0.15, 0.2) is 24.3 Å². The summed E-state index contributed by atoms with van der Waals surface area (Å²) in [6, 6.07) is 8.56. The smallest absolute Gasteiger partial charge is 0.0576 e. The molecule has 20 heavy (non-hydrogen) atoms. The number of nitrogens with one attached hydrogen (secondary N) is 2. The van der Waals surface area contributed by atoms with Gasteiger partial charge in [-0.3, -0.25) is 0 Å². The normalized spacial score (nSPS) is 16.4. The number of benzene rings is 1. The molecule has 1 aliphatic rings. The topological polar surface area (TPSA) is 27.3 Å². The van der Waals surface area contributed by atoms with Crippen LogP contribution in [0.5, 0.6) is 0 Å². The fraction of sp³-hybridized carbons (Fsp3) is 0.647. The van der Waals surface area contributed by atoms with Crippen LogP contribution in [-0.4, -0.2) is 38.6 Å². The highest BCUT2D eigenvalue weighted by Crippen LogP contribution is 2.26. The number of para-hydroxylation sites is 2. The van der Waals surface area contributed by atoms with Crippen LogP contribution in [0.2, 0.25) is 0 Å². The van der Waals surface area contributed by atoms with E-state index < -0.39 is 0 Å². The van der Waals surface area contributed by atoms with Crippen molar-refractivity contribution in [2.75, 3.05) is 44.4 Å². The first-order valence-corrected chi connectivity index (χ1v) is 7.97. The van der Waals surface area contributed by atoms with Crippen LogP contribution >= 0.6 is 0 Å². The molecule has 2 rings (SSSR count). The maximum atomic E-state index is 3.64. The summed E-state index contributed by atoms with van der Waals surface area (Å²) in [5, 5.41) is 7.17. The lowest BCUT2D eigenvalue weighted by molar-refractivity contribution is 0.373. The van der Waals surface area contributed by atoms with E-state index in [0.717, 1.165) is 25.6 Å². The van der Waals surface area contributed by atoms with Crippen LogP contribution in [0, 0.1) is 5.92 Å². The summed E-state index contributed by atoms with van der Waals surface area (Å²) in [6.45, 7) is 3.15. The Hall–Kier alpha value is -1.22. The molecule has 1 aromatic rings. The zero-order valence-corrected chi connectivity index (χ0v) is 13.0. The van der Waals surface area contributed by atoms with E-state index >= 15 is 0 Å². The van der Waals surface area contributed by atoms with Crippen LogP contribution in [0.1, 0.15) is 32.1 Å². The summed E-state index contributed by atoms with van der Waals surface area (Å²) in [4.78, 5) is 2.20. The van der Waals surface area contributed by atoms with Crippen molar-refractivity contribution in [1.82, 2.24) is 4.90 Å². The van der Waals surface area contributed by atoms with Gasteiger partial charge in [0.25, 0.3) is 0 Å². The van der Waals surface area contributed by atoms with E-state index in [1.807, 2.05) is 0 Å². The monoisotopic (exact) mass is 275 g/mol. The predicted octanol–water partition coefficient (Wildman–Crippen LogP) is 3.65. The van der Waals surface area contributed by atoms with Crippen molar-refractivity contribution < 1.29 is 0 Å². The van der Waals surface area contributed by atoms with Gasteiger partial charge in [-0.05, 0) is 45.0 Å². The third-order valence-electron chi connectivity index (χ3n) is 4.11. The fourth-order valence-corrected chi connectivity index (χ4v) is 2.85. The molecule has 0 bridgehead atoms. The SMILES string of the molecule is CN(C)CCNc1ccccc1NCC1CCCCC1. The van der Waals surface area contributed by atoms with E-state index in [1.54, 1.807) is 0 Å². The summed E-state index contributed by atoms with van der Waals surface area (Å²) >= 11 is 0. The number of hydrogen-bond acceptors (Lipinski definition) is 3. The van der Waals surface area contributed by atoms with Gasteiger partial charge in [-0.25, -0.2) is 0 Å². The Labute approximate surface area is 123 Å². The third-order valence-corrected chi connectivity index (χ3v) is 4.11. The lowest BCUT2D eigenvalue weighted by atomic mass is 9.89. The van der Waals surface area contributed by atoms with Crippen molar-refractivity contribution in [3.63, 3.8) is 0 Å². The molecular weight excluding hydrogens is 246 g/mol. The van der Waals surface area contributed by atoms with Crippen LogP contribution in [0.25, 0.3) is 0 Å². The van der Waals surface area contributed by atoms with E-state index in [4.69, 9.17) is 0 Å². The minimum absolute atomic E-state index is 0.860. The van der Waals surface area contributed by atoms with Crippen molar-refractivity contribution in [3.05, 3.63) is 24.3 Å². The molecule has 0 saturated heterocycles. The number of nitrogens with zero attached hydrogens (tertiary/aromatic N) is 1. The standard InChI is InChI=1S/C17H29N3/c1-20(2)13-12-18-16-10-6-7-11-17(16)19-14-15-8-4-3-5-9-15/h6-7,10-11,15,18-19H,3-5,8-9,12-14H2,1-2H3. The Morgan fingerprint density at radius 2 is 1.65 bits per heavy atom. The van der Waals surface area contributed by atoms with Gasteiger partial charge in [0.2, 0.25) is 0 Å². The number of rotatable bonds is 7. The van der Waals surface area contributed by atoms with Gasteiger partial charge in [0.15, 0.2) is 0 Å². The summed E-state index contributed by atoms with van der Waals surface area (Å²) in [7, 11) is 4.21. The van der Waals surface area contributed by atoms with E-state index in [0.29, 0.717) is 0 Å². The lowest BCUT2D eigenvalue weighted by Gasteiger charge is -2.23.